The van der Waals surface area contributed by atoms with E-state index in [2.05, 4.69) is 252 Å². The molecule has 0 N–H and O–H groups in total. The van der Waals surface area contributed by atoms with Gasteiger partial charge in [-0.25, -0.2) is 9.97 Å². The van der Waals surface area contributed by atoms with E-state index in [4.69, 9.17) is 9.97 Å². The Labute approximate surface area is 366 Å². The maximum absolute atomic E-state index is 5.44. The van der Waals surface area contributed by atoms with E-state index in [0.29, 0.717) is 5.95 Å². The van der Waals surface area contributed by atoms with Gasteiger partial charge in [-0.15, -0.1) is 0 Å². The number of para-hydroxylation sites is 2. The Kier molecular flexibility index (Phi) is 8.80. The molecule has 12 rings (SSSR count). The molecule has 0 fully saturated rings. The summed E-state index contributed by atoms with van der Waals surface area (Å²) in [5.41, 5.74) is 9.33. The lowest BCUT2D eigenvalue weighted by Crippen LogP contribution is -2.74. The fraction of sp³-hybridized carbons (Fsp3) is 0. The highest BCUT2D eigenvalue weighted by Gasteiger charge is 2.41. The van der Waals surface area contributed by atoms with Crippen LogP contribution in [0.1, 0.15) is 0 Å². The normalized spacial score (nSPS) is 11.8. The van der Waals surface area contributed by atoms with Crippen molar-refractivity contribution < 1.29 is 0 Å². The van der Waals surface area contributed by atoms with Crippen LogP contribution >= 0.6 is 0 Å². The molecule has 3 aromatic heterocycles. The smallest absolute Gasteiger partial charge is 0.235 e. The number of hydrogen-bond acceptors (Lipinski definition) is 2. The fourth-order valence-corrected chi connectivity index (χ4v) is 14.7. The first-order valence-corrected chi connectivity index (χ1v) is 23.5. The molecular weight excluding hydrogens is 781 g/mol. The summed E-state index contributed by atoms with van der Waals surface area (Å²) in [4.78, 5) is 10.9. The molecule has 0 atom stereocenters. The van der Waals surface area contributed by atoms with Gasteiger partial charge in [-0.2, -0.15) is 0 Å². The zero-order valence-electron chi connectivity index (χ0n) is 34.4. The molecule has 0 aliphatic rings. The van der Waals surface area contributed by atoms with Gasteiger partial charge in [0, 0.05) is 38.4 Å². The number of rotatable bonds is 8. The second-order valence-electron chi connectivity index (χ2n) is 16.2. The maximum atomic E-state index is 5.44. The molecule has 0 saturated heterocycles. The van der Waals surface area contributed by atoms with Gasteiger partial charge < -0.3 is 4.57 Å². The summed E-state index contributed by atoms with van der Waals surface area (Å²) in [7, 11) is -2.86. The standard InChI is InChI=1S/C58H40N4Si/c1-7-21-41(22-8-1)52-39-53(42-23-9-2-10-24-42)60-58(59-52)62-55-36-35-47(63(44-27-13-4-14-28-44,45-29-15-5-16-30-45)46-31-17-6-18-32-46)37-49(55)51-38-50-48-33-19-20-34-54(48)61(56(50)40-57(51)62)43-25-11-3-12-26-43/h1-40H. The molecule has 0 unspecified atom stereocenters. The Balaban J connectivity index is 1.23. The van der Waals surface area contributed by atoms with Gasteiger partial charge in [0.1, 0.15) is 0 Å². The molecule has 0 aliphatic carbocycles. The minimum absolute atomic E-state index is 0.627. The molecule has 9 aromatic carbocycles. The summed E-state index contributed by atoms with van der Waals surface area (Å²) < 4.78 is 4.70. The van der Waals surface area contributed by atoms with Gasteiger partial charge in [0.15, 0.2) is 8.07 Å². The lowest BCUT2D eigenvalue weighted by molar-refractivity contribution is 0.996. The van der Waals surface area contributed by atoms with Gasteiger partial charge in [0.2, 0.25) is 5.95 Å². The zero-order chi connectivity index (χ0) is 41.7. The Hall–Kier alpha value is -8.12. The van der Waals surface area contributed by atoms with E-state index in [1.807, 2.05) is 0 Å². The van der Waals surface area contributed by atoms with E-state index in [0.717, 1.165) is 55.5 Å². The fourth-order valence-electron chi connectivity index (χ4n) is 9.90. The Morgan fingerprint density at radius 1 is 0.286 bits per heavy atom. The average molecular weight is 821 g/mol. The van der Waals surface area contributed by atoms with E-state index >= 15 is 0 Å². The van der Waals surface area contributed by atoms with Gasteiger partial charge in [-0.05, 0) is 63.2 Å². The molecule has 12 aromatic rings. The van der Waals surface area contributed by atoms with Crippen LogP contribution < -0.4 is 20.7 Å². The highest BCUT2D eigenvalue weighted by molar-refractivity contribution is 7.20. The largest absolute Gasteiger partial charge is 0.309 e. The summed E-state index contributed by atoms with van der Waals surface area (Å²) >= 11 is 0. The molecule has 5 heteroatoms. The van der Waals surface area contributed by atoms with E-state index in [1.54, 1.807) is 0 Å². The average Bonchev–Trinajstić information content (AvgIpc) is 3.86. The van der Waals surface area contributed by atoms with Crippen molar-refractivity contribution in [3.05, 3.63) is 243 Å². The molecule has 0 bridgehead atoms. The first-order chi connectivity index (χ1) is 31.3. The first kappa shape index (κ1) is 36.7. The zero-order valence-corrected chi connectivity index (χ0v) is 35.4. The third-order valence-corrected chi connectivity index (χ3v) is 17.5. The molecule has 0 saturated carbocycles. The number of nitrogens with zero attached hydrogens (tertiary/aromatic N) is 4. The van der Waals surface area contributed by atoms with Crippen LogP contribution in [-0.4, -0.2) is 27.2 Å². The van der Waals surface area contributed by atoms with Crippen molar-refractivity contribution in [2.75, 3.05) is 0 Å². The predicted octanol–water partition coefficient (Wildman–Crippen LogP) is 11.4. The van der Waals surface area contributed by atoms with Gasteiger partial charge in [0.05, 0.1) is 33.5 Å². The molecule has 0 aliphatic heterocycles. The van der Waals surface area contributed by atoms with Crippen LogP contribution in [0.25, 0.3) is 77.8 Å². The van der Waals surface area contributed by atoms with Crippen molar-refractivity contribution in [2.24, 2.45) is 0 Å². The molecule has 0 amide bonds. The molecule has 3 heterocycles. The summed E-state index contributed by atoms with van der Waals surface area (Å²) in [6, 6.07) is 88.0. The van der Waals surface area contributed by atoms with Crippen LogP contribution in [0.3, 0.4) is 0 Å². The highest BCUT2D eigenvalue weighted by Crippen LogP contribution is 2.40. The van der Waals surface area contributed by atoms with Crippen LogP contribution in [0.15, 0.2) is 243 Å². The minimum atomic E-state index is -2.86. The number of hydrogen-bond donors (Lipinski definition) is 0. The van der Waals surface area contributed by atoms with Crippen molar-refractivity contribution >= 4 is 72.4 Å². The van der Waals surface area contributed by atoms with Gasteiger partial charge >= 0.3 is 0 Å². The van der Waals surface area contributed by atoms with Crippen molar-refractivity contribution in [3.8, 4) is 34.2 Å². The second-order valence-corrected chi connectivity index (χ2v) is 20.0. The van der Waals surface area contributed by atoms with Gasteiger partial charge in [-0.1, -0.05) is 200 Å². The second kappa shape index (κ2) is 15.1. The number of fused-ring (bicyclic) bond motifs is 6. The van der Waals surface area contributed by atoms with Crippen LogP contribution in [0.2, 0.25) is 0 Å². The van der Waals surface area contributed by atoms with E-state index in [-0.39, 0.29) is 0 Å². The topological polar surface area (TPSA) is 35.6 Å². The molecular formula is C58H40N4Si. The van der Waals surface area contributed by atoms with Crippen LogP contribution in [0, 0.1) is 0 Å². The number of aromatic nitrogens is 4. The van der Waals surface area contributed by atoms with Gasteiger partial charge in [0.25, 0.3) is 0 Å². The summed E-state index contributed by atoms with van der Waals surface area (Å²) in [5.74, 6) is 0.627. The van der Waals surface area contributed by atoms with Crippen LogP contribution in [0.5, 0.6) is 0 Å². The Bertz CT molecular complexity index is 3430. The summed E-state index contributed by atoms with van der Waals surface area (Å²) in [6.07, 6.45) is 0. The van der Waals surface area contributed by atoms with Crippen LogP contribution in [-0.2, 0) is 0 Å². The summed E-state index contributed by atoms with van der Waals surface area (Å²) in [6.45, 7) is 0. The quantitative estimate of drug-likeness (QED) is 0.113. The van der Waals surface area contributed by atoms with Crippen molar-refractivity contribution in [2.45, 2.75) is 0 Å². The third-order valence-electron chi connectivity index (χ3n) is 12.7. The van der Waals surface area contributed by atoms with E-state index in [9.17, 15) is 0 Å². The lowest BCUT2D eigenvalue weighted by atomic mass is 10.1. The summed E-state index contributed by atoms with van der Waals surface area (Å²) in [5, 5.41) is 10.1. The highest BCUT2D eigenvalue weighted by atomic mass is 28.3. The first-order valence-electron chi connectivity index (χ1n) is 21.5. The van der Waals surface area contributed by atoms with Gasteiger partial charge in [-0.3, -0.25) is 4.57 Å². The molecule has 4 nitrogen and oxygen atoms in total. The van der Waals surface area contributed by atoms with Crippen LogP contribution in [0.4, 0.5) is 0 Å². The predicted molar refractivity (Wildman–Crippen MR) is 265 cm³/mol. The molecule has 296 valence electrons. The monoisotopic (exact) mass is 820 g/mol. The maximum Gasteiger partial charge on any atom is 0.235 e. The van der Waals surface area contributed by atoms with E-state index < -0.39 is 8.07 Å². The van der Waals surface area contributed by atoms with Crippen molar-refractivity contribution in [3.63, 3.8) is 0 Å². The Morgan fingerprint density at radius 3 is 1.27 bits per heavy atom. The lowest BCUT2D eigenvalue weighted by Gasteiger charge is -2.34. The molecule has 0 spiro atoms. The Morgan fingerprint density at radius 2 is 0.714 bits per heavy atom. The minimum Gasteiger partial charge on any atom is -0.309 e. The van der Waals surface area contributed by atoms with E-state index in [1.165, 1.54) is 37.0 Å². The number of benzene rings is 9. The SMILES string of the molecule is c1ccc(-c2cc(-c3ccccc3)nc(-n3c4ccc([Si](c5ccccc5)(c5ccccc5)c5ccccc5)cc4c4cc5c6ccccc6n(-c6ccccc6)c5cc43)n2)cc1. The molecule has 0 radical (unpaired) electrons. The van der Waals surface area contributed by atoms with Crippen molar-refractivity contribution in [1.82, 2.24) is 19.1 Å². The van der Waals surface area contributed by atoms with Crippen molar-refractivity contribution in [1.29, 1.82) is 0 Å². The molecule has 63 heavy (non-hydrogen) atoms. The third kappa shape index (κ3) is 5.97.